The Labute approximate surface area is 197 Å². The number of nitrogens with one attached hydrogen (secondary N) is 2. The van der Waals surface area contributed by atoms with Gasteiger partial charge in [-0.05, 0) is 43.5 Å². The summed E-state index contributed by atoms with van der Waals surface area (Å²) in [6.07, 6.45) is 0.613. The number of benzene rings is 1. The Hall–Kier alpha value is -3.20. The van der Waals surface area contributed by atoms with Gasteiger partial charge in [0.2, 0.25) is 11.7 Å². The zero-order valence-electron chi connectivity index (χ0n) is 19.3. The molecular formula is C24H30N2O6S. The first-order valence-corrected chi connectivity index (χ1v) is 11.6. The van der Waals surface area contributed by atoms with E-state index in [1.165, 1.54) is 18.3 Å². The Kier molecular flexibility index (Phi) is 10.1. The molecule has 9 heteroatoms. The van der Waals surface area contributed by atoms with Crippen molar-refractivity contribution in [2.45, 2.75) is 40.2 Å². The van der Waals surface area contributed by atoms with Crippen LogP contribution in [0.1, 0.15) is 52.6 Å². The molecule has 1 aromatic heterocycles. The van der Waals surface area contributed by atoms with E-state index in [9.17, 15) is 19.2 Å². The van der Waals surface area contributed by atoms with Crippen molar-refractivity contribution in [3.8, 4) is 5.75 Å². The van der Waals surface area contributed by atoms with E-state index in [-0.39, 0.29) is 17.6 Å². The highest BCUT2D eigenvalue weighted by molar-refractivity contribution is 7.14. The lowest BCUT2D eigenvalue weighted by molar-refractivity contribution is -0.146. The zero-order valence-corrected chi connectivity index (χ0v) is 20.1. The molecule has 0 bridgehead atoms. The van der Waals surface area contributed by atoms with Gasteiger partial charge in [0.05, 0.1) is 17.0 Å². The zero-order chi connectivity index (χ0) is 24.4. The highest BCUT2D eigenvalue weighted by Crippen LogP contribution is 2.20. The maximum atomic E-state index is 12.8. The van der Waals surface area contributed by atoms with Gasteiger partial charge in [-0.1, -0.05) is 26.0 Å². The minimum absolute atomic E-state index is 0.108. The summed E-state index contributed by atoms with van der Waals surface area (Å²) < 4.78 is 10.7. The number of rotatable bonds is 12. The van der Waals surface area contributed by atoms with Crippen molar-refractivity contribution in [3.63, 3.8) is 0 Å². The fourth-order valence-electron chi connectivity index (χ4n) is 2.97. The van der Waals surface area contributed by atoms with Gasteiger partial charge in [0.1, 0.15) is 11.8 Å². The number of esters is 1. The molecule has 178 valence electrons. The molecule has 0 fully saturated rings. The summed E-state index contributed by atoms with van der Waals surface area (Å²) in [5, 5.41) is 5.40. The van der Waals surface area contributed by atoms with Crippen LogP contribution in [0.5, 0.6) is 5.75 Å². The molecule has 2 N–H and O–H groups in total. The topological polar surface area (TPSA) is 111 Å². The molecule has 33 heavy (non-hydrogen) atoms. The molecule has 2 aromatic rings. The van der Waals surface area contributed by atoms with Crippen LogP contribution in [0.2, 0.25) is 0 Å². The standard InChI is InChI=1S/C24H30N2O6S/c1-5-31-20-9-7-6-8-18(20)23(29)26-22(15(2)3)24(30)32-14-19(28)21-11-10-17(33-21)12-13-25-16(4)27/h6-11,15,22H,5,12-14H2,1-4H3,(H,25,27)(H,26,29)/t22-/m0/s1. The monoisotopic (exact) mass is 474 g/mol. The number of thiophene rings is 1. The molecule has 2 rings (SSSR count). The van der Waals surface area contributed by atoms with Crippen LogP contribution in [0.25, 0.3) is 0 Å². The minimum Gasteiger partial charge on any atom is -0.493 e. The fourth-order valence-corrected chi connectivity index (χ4v) is 3.91. The number of hydrogen-bond acceptors (Lipinski definition) is 7. The van der Waals surface area contributed by atoms with Gasteiger partial charge < -0.3 is 20.1 Å². The Balaban J connectivity index is 1.95. The summed E-state index contributed by atoms with van der Waals surface area (Å²) in [6.45, 7) is 7.30. The van der Waals surface area contributed by atoms with Gasteiger partial charge in [0.25, 0.3) is 5.91 Å². The number of carbonyl (C=O) groups excluding carboxylic acids is 4. The van der Waals surface area contributed by atoms with Crippen LogP contribution in [-0.2, 0) is 20.7 Å². The van der Waals surface area contributed by atoms with Gasteiger partial charge in [-0.3, -0.25) is 14.4 Å². The maximum absolute atomic E-state index is 12.8. The summed E-state index contributed by atoms with van der Waals surface area (Å²) in [4.78, 5) is 50.2. The summed E-state index contributed by atoms with van der Waals surface area (Å²) in [5.74, 6) is -1.39. The van der Waals surface area contributed by atoms with Crippen molar-refractivity contribution in [1.29, 1.82) is 0 Å². The second-order valence-electron chi connectivity index (χ2n) is 7.65. The van der Waals surface area contributed by atoms with E-state index in [0.717, 1.165) is 4.88 Å². The number of carbonyl (C=O) groups is 4. The molecule has 0 aliphatic heterocycles. The first kappa shape index (κ1) is 26.1. The van der Waals surface area contributed by atoms with Gasteiger partial charge in [-0.15, -0.1) is 11.3 Å². The third-order valence-corrected chi connectivity index (χ3v) is 5.85. The van der Waals surface area contributed by atoms with Crippen molar-refractivity contribution in [2.24, 2.45) is 5.92 Å². The molecule has 2 amide bonds. The van der Waals surface area contributed by atoms with Crippen LogP contribution < -0.4 is 15.4 Å². The first-order valence-electron chi connectivity index (χ1n) is 10.8. The Bertz CT molecular complexity index is 985. The Morgan fingerprint density at radius 2 is 1.79 bits per heavy atom. The molecule has 8 nitrogen and oxygen atoms in total. The van der Waals surface area contributed by atoms with Gasteiger partial charge in [-0.2, -0.15) is 0 Å². The van der Waals surface area contributed by atoms with E-state index in [4.69, 9.17) is 9.47 Å². The fraction of sp³-hybridized carbons (Fsp3) is 0.417. The van der Waals surface area contributed by atoms with Gasteiger partial charge in [-0.25, -0.2) is 4.79 Å². The largest absolute Gasteiger partial charge is 0.493 e. The second-order valence-corrected chi connectivity index (χ2v) is 8.82. The van der Waals surface area contributed by atoms with Crippen LogP contribution in [0.4, 0.5) is 0 Å². The lowest BCUT2D eigenvalue weighted by Crippen LogP contribution is -2.45. The van der Waals surface area contributed by atoms with Gasteiger partial charge in [0, 0.05) is 18.3 Å². The lowest BCUT2D eigenvalue weighted by atomic mass is 10.0. The van der Waals surface area contributed by atoms with Crippen molar-refractivity contribution < 1.29 is 28.7 Å². The average Bonchev–Trinajstić information content (AvgIpc) is 3.24. The molecule has 1 heterocycles. The molecule has 0 radical (unpaired) electrons. The summed E-state index contributed by atoms with van der Waals surface area (Å²) in [7, 11) is 0. The molecule has 0 saturated carbocycles. The smallest absolute Gasteiger partial charge is 0.329 e. The van der Waals surface area contributed by atoms with Crippen LogP contribution in [-0.4, -0.2) is 49.4 Å². The first-order chi connectivity index (χ1) is 15.7. The lowest BCUT2D eigenvalue weighted by Gasteiger charge is -2.21. The van der Waals surface area contributed by atoms with Crippen LogP contribution in [0.15, 0.2) is 36.4 Å². The number of amides is 2. The van der Waals surface area contributed by atoms with Crippen molar-refractivity contribution >= 4 is 34.9 Å². The summed E-state index contributed by atoms with van der Waals surface area (Å²) in [6, 6.07) is 9.35. The van der Waals surface area contributed by atoms with E-state index in [1.807, 2.05) is 13.0 Å². The van der Waals surface area contributed by atoms with Gasteiger partial charge >= 0.3 is 5.97 Å². The molecular weight excluding hydrogens is 444 g/mol. The number of ether oxygens (including phenoxy) is 2. The second kappa shape index (κ2) is 12.7. The third kappa shape index (κ3) is 8.02. The maximum Gasteiger partial charge on any atom is 0.329 e. The third-order valence-electron chi connectivity index (χ3n) is 4.67. The molecule has 0 saturated heterocycles. The van der Waals surface area contributed by atoms with E-state index in [2.05, 4.69) is 10.6 Å². The molecule has 1 aromatic carbocycles. The number of ketones is 1. The molecule has 0 unspecified atom stereocenters. The van der Waals surface area contributed by atoms with Crippen LogP contribution in [0.3, 0.4) is 0 Å². The quantitative estimate of drug-likeness (QED) is 0.361. The molecule has 0 spiro atoms. The predicted molar refractivity (Wildman–Crippen MR) is 126 cm³/mol. The van der Waals surface area contributed by atoms with E-state index < -0.39 is 24.5 Å². The summed E-state index contributed by atoms with van der Waals surface area (Å²) >= 11 is 1.30. The SMILES string of the molecule is CCOc1ccccc1C(=O)N[C@H](C(=O)OCC(=O)c1ccc(CCNC(C)=O)s1)C(C)C. The van der Waals surface area contributed by atoms with Crippen LogP contribution >= 0.6 is 11.3 Å². The van der Waals surface area contributed by atoms with Crippen molar-refractivity contribution in [1.82, 2.24) is 10.6 Å². The molecule has 1 atom stereocenters. The van der Waals surface area contributed by atoms with Crippen LogP contribution in [0, 0.1) is 5.92 Å². The van der Waals surface area contributed by atoms with E-state index in [1.54, 1.807) is 44.2 Å². The van der Waals surface area contributed by atoms with Gasteiger partial charge in [0.15, 0.2) is 6.61 Å². The van der Waals surface area contributed by atoms with E-state index in [0.29, 0.717) is 35.8 Å². The molecule has 0 aliphatic rings. The van der Waals surface area contributed by atoms with Crippen molar-refractivity contribution in [2.75, 3.05) is 19.8 Å². The average molecular weight is 475 g/mol. The highest BCUT2D eigenvalue weighted by Gasteiger charge is 2.28. The normalized spacial score (nSPS) is 11.5. The summed E-state index contributed by atoms with van der Waals surface area (Å²) in [5.41, 5.74) is 0.319. The highest BCUT2D eigenvalue weighted by atomic mass is 32.1. The minimum atomic E-state index is -0.920. The molecule has 0 aliphatic carbocycles. The Morgan fingerprint density at radius 1 is 1.06 bits per heavy atom. The predicted octanol–water partition coefficient (Wildman–Crippen LogP) is 3.01. The Morgan fingerprint density at radius 3 is 2.45 bits per heavy atom. The van der Waals surface area contributed by atoms with Crippen molar-refractivity contribution in [3.05, 3.63) is 51.7 Å². The van der Waals surface area contributed by atoms with E-state index >= 15 is 0 Å². The number of hydrogen-bond donors (Lipinski definition) is 2. The number of para-hydroxylation sites is 1. The number of Topliss-reactive ketones (excluding diaryl/α,β-unsaturated/α-hetero) is 1.